The molecule has 1 aliphatic heterocycles. The second kappa shape index (κ2) is 11.1. The number of hydrogen-bond acceptors (Lipinski definition) is 6. The van der Waals surface area contributed by atoms with Gasteiger partial charge >= 0.3 is 0 Å². The van der Waals surface area contributed by atoms with Crippen LogP contribution in [0, 0.1) is 5.92 Å². The van der Waals surface area contributed by atoms with Crippen molar-refractivity contribution in [3.63, 3.8) is 0 Å². The van der Waals surface area contributed by atoms with Crippen LogP contribution in [-0.4, -0.2) is 72.5 Å². The Labute approximate surface area is 213 Å². The number of hydrogen-bond donors (Lipinski definition) is 1. The van der Waals surface area contributed by atoms with Crippen molar-refractivity contribution in [2.75, 3.05) is 26.7 Å². The maximum absolute atomic E-state index is 13.6. The highest BCUT2D eigenvalue weighted by Gasteiger charge is 2.38. The molecule has 8 nitrogen and oxygen atoms in total. The zero-order valence-electron chi connectivity index (χ0n) is 21.1. The second-order valence-corrected chi connectivity index (χ2v) is 11.7. The molecule has 36 heavy (non-hydrogen) atoms. The number of aliphatic hydroxyl groups excluding tert-OH is 1. The van der Waals surface area contributed by atoms with Crippen LogP contribution in [0.2, 0.25) is 0 Å². The predicted molar refractivity (Wildman–Crippen MR) is 138 cm³/mol. The van der Waals surface area contributed by atoms with E-state index in [4.69, 9.17) is 4.74 Å². The Morgan fingerprint density at radius 1 is 1.28 bits per heavy atom. The molecule has 1 aromatic carbocycles. The minimum absolute atomic E-state index is 0.0580. The normalized spacial score (nSPS) is 22.5. The summed E-state index contributed by atoms with van der Waals surface area (Å²) in [6, 6.07) is 8.30. The number of pyridine rings is 1. The van der Waals surface area contributed by atoms with Crippen molar-refractivity contribution in [3.05, 3.63) is 59.9 Å². The molecule has 194 valence electrons. The Morgan fingerprint density at radius 2 is 2.03 bits per heavy atom. The first-order chi connectivity index (χ1) is 17.2. The lowest BCUT2D eigenvalue weighted by Crippen LogP contribution is -2.50. The zero-order chi connectivity index (χ0) is 25.9. The number of carbonyl (C=O) groups excluding carboxylic acids is 1. The number of aromatic nitrogens is 1. The molecule has 0 saturated carbocycles. The summed E-state index contributed by atoms with van der Waals surface area (Å²) >= 11 is 0. The van der Waals surface area contributed by atoms with Crippen LogP contribution >= 0.6 is 0 Å². The van der Waals surface area contributed by atoms with E-state index >= 15 is 0 Å². The highest BCUT2D eigenvalue weighted by atomic mass is 32.2. The summed E-state index contributed by atoms with van der Waals surface area (Å²) in [4.78, 5) is 18.7. The van der Waals surface area contributed by atoms with Crippen molar-refractivity contribution in [1.29, 1.82) is 0 Å². The molecule has 2 heterocycles. The molecule has 3 atom stereocenters. The largest absolute Gasteiger partial charge is 0.487 e. The lowest BCUT2D eigenvalue weighted by atomic mass is 10.0. The van der Waals surface area contributed by atoms with Crippen molar-refractivity contribution < 1.29 is 23.1 Å². The van der Waals surface area contributed by atoms with Crippen LogP contribution in [0.3, 0.4) is 0 Å². The number of nitrogens with zero attached hydrogens (tertiary/aromatic N) is 3. The third kappa shape index (κ3) is 5.63. The van der Waals surface area contributed by atoms with Gasteiger partial charge in [0.25, 0.3) is 0 Å². The predicted octanol–water partition coefficient (Wildman–Crippen LogP) is 3.12. The van der Waals surface area contributed by atoms with Gasteiger partial charge in [0.15, 0.2) is 0 Å². The maximum Gasteiger partial charge on any atom is 0.247 e. The van der Waals surface area contributed by atoms with E-state index < -0.39 is 22.2 Å². The smallest absolute Gasteiger partial charge is 0.247 e. The van der Waals surface area contributed by atoms with Crippen molar-refractivity contribution >= 4 is 21.5 Å². The second-order valence-electron chi connectivity index (χ2n) is 9.83. The van der Waals surface area contributed by atoms with Gasteiger partial charge in [-0.05, 0) is 67.2 Å². The van der Waals surface area contributed by atoms with Crippen LogP contribution < -0.4 is 4.74 Å². The molecular weight excluding hydrogens is 478 g/mol. The van der Waals surface area contributed by atoms with Gasteiger partial charge in [0.1, 0.15) is 16.7 Å². The number of carbonyl (C=O) groups is 1. The molecule has 4 rings (SSSR count). The monoisotopic (exact) mass is 513 g/mol. The molecule has 1 N–H and O–H groups in total. The average Bonchev–Trinajstić information content (AvgIpc) is 3.41. The summed E-state index contributed by atoms with van der Waals surface area (Å²) in [6.07, 6.45) is 8.36. The number of aliphatic hydroxyl groups is 1. The van der Waals surface area contributed by atoms with Crippen LogP contribution in [0.5, 0.6) is 5.75 Å². The van der Waals surface area contributed by atoms with Crippen LogP contribution in [0.4, 0.5) is 0 Å². The minimum Gasteiger partial charge on any atom is -0.487 e. The lowest BCUT2D eigenvalue weighted by molar-refractivity contribution is -0.130. The third-order valence-corrected chi connectivity index (χ3v) is 9.08. The van der Waals surface area contributed by atoms with E-state index in [0.717, 1.165) is 30.4 Å². The standard InChI is InChI=1S/C27H35N3O5S/c1-19-16-30(20(2)18-31)36(33,34)26-9-8-23(22-6-4-5-7-22)15-24(26)35-25(19)17-29(3)27(32)14-21-10-12-28-13-11-21/h6,8-13,15,19-20,25,31H,4-5,7,14,16-18H2,1-3H3/t19-,20-,25-/m1/s1. The first-order valence-corrected chi connectivity index (χ1v) is 13.9. The molecule has 0 radical (unpaired) electrons. The molecule has 0 saturated heterocycles. The zero-order valence-corrected chi connectivity index (χ0v) is 21.9. The molecular formula is C27H35N3O5S. The van der Waals surface area contributed by atoms with Gasteiger partial charge in [0.2, 0.25) is 15.9 Å². The van der Waals surface area contributed by atoms with Crippen molar-refractivity contribution in [1.82, 2.24) is 14.2 Å². The summed E-state index contributed by atoms with van der Waals surface area (Å²) in [5.74, 6) is 0.00627. The fourth-order valence-electron chi connectivity index (χ4n) is 4.76. The van der Waals surface area contributed by atoms with Crippen molar-refractivity contribution in [2.24, 2.45) is 5.92 Å². The summed E-state index contributed by atoms with van der Waals surface area (Å²) in [6.45, 7) is 3.81. The first kappa shape index (κ1) is 26.3. The number of ether oxygens (including phenoxy) is 1. The van der Waals surface area contributed by atoms with Gasteiger partial charge in [0.05, 0.1) is 19.6 Å². The van der Waals surface area contributed by atoms with E-state index in [1.54, 1.807) is 37.3 Å². The van der Waals surface area contributed by atoms with Crippen LogP contribution in [0.1, 0.15) is 44.2 Å². The quantitative estimate of drug-likeness (QED) is 0.611. The average molecular weight is 514 g/mol. The minimum atomic E-state index is -3.89. The van der Waals surface area contributed by atoms with Gasteiger partial charge in [-0.15, -0.1) is 0 Å². The molecule has 0 spiro atoms. The molecule has 1 aromatic heterocycles. The summed E-state index contributed by atoms with van der Waals surface area (Å²) < 4.78 is 35.1. The van der Waals surface area contributed by atoms with Crippen LogP contribution in [-0.2, 0) is 21.2 Å². The van der Waals surface area contributed by atoms with Crippen molar-refractivity contribution in [2.45, 2.75) is 56.6 Å². The Morgan fingerprint density at radius 3 is 2.69 bits per heavy atom. The van der Waals surface area contributed by atoms with Gasteiger partial charge in [0, 0.05) is 37.9 Å². The summed E-state index contributed by atoms with van der Waals surface area (Å²) in [5, 5.41) is 9.83. The number of benzene rings is 1. The van der Waals surface area contributed by atoms with Gasteiger partial charge < -0.3 is 14.7 Å². The van der Waals surface area contributed by atoms with Gasteiger partial charge in [-0.3, -0.25) is 9.78 Å². The van der Waals surface area contributed by atoms with E-state index in [9.17, 15) is 18.3 Å². The third-order valence-electron chi connectivity index (χ3n) is 7.06. The van der Waals surface area contributed by atoms with Crippen LogP contribution in [0.25, 0.3) is 5.57 Å². The number of rotatable bonds is 7. The summed E-state index contributed by atoms with van der Waals surface area (Å²) in [7, 11) is -2.15. The highest BCUT2D eigenvalue weighted by Crippen LogP contribution is 2.37. The van der Waals surface area contributed by atoms with Gasteiger partial charge in [-0.1, -0.05) is 19.1 Å². The molecule has 0 fully saturated rings. The molecule has 2 aliphatic rings. The van der Waals surface area contributed by atoms with Gasteiger partial charge in [-0.2, -0.15) is 4.31 Å². The number of likely N-dealkylation sites (N-methyl/N-ethyl adjacent to an activating group) is 1. The Kier molecular flexibility index (Phi) is 8.12. The lowest BCUT2D eigenvalue weighted by Gasteiger charge is -2.37. The summed E-state index contributed by atoms with van der Waals surface area (Å²) in [5.41, 5.74) is 3.02. The number of sulfonamides is 1. The highest BCUT2D eigenvalue weighted by molar-refractivity contribution is 7.89. The van der Waals surface area contributed by atoms with E-state index in [0.29, 0.717) is 12.3 Å². The first-order valence-electron chi connectivity index (χ1n) is 12.5. The number of allylic oxidation sites excluding steroid dienone is 2. The SMILES string of the molecule is C[C@@H]1CN([C@H](C)CO)S(=O)(=O)c2ccc(C3=CCCC3)cc2O[C@@H]1CN(C)C(=O)Cc1ccncc1. The van der Waals surface area contributed by atoms with Crippen molar-refractivity contribution in [3.8, 4) is 5.75 Å². The fourth-order valence-corrected chi connectivity index (χ4v) is 6.58. The van der Waals surface area contributed by atoms with E-state index in [-0.39, 0.29) is 36.3 Å². The molecule has 0 bridgehead atoms. The van der Waals surface area contributed by atoms with E-state index in [1.807, 2.05) is 31.2 Å². The molecule has 0 unspecified atom stereocenters. The molecule has 1 aliphatic carbocycles. The van der Waals surface area contributed by atoms with E-state index in [2.05, 4.69) is 11.1 Å². The topological polar surface area (TPSA) is 100 Å². The number of fused-ring (bicyclic) bond motifs is 1. The van der Waals surface area contributed by atoms with Crippen LogP contribution in [0.15, 0.2) is 53.7 Å². The Balaban J connectivity index is 1.66. The maximum atomic E-state index is 13.6. The fraction of sp³-hybridized carbons (Fsp3) is 0.481. The van der Waals surface area contributed by atoms with E-state index in [1.165, 1.54) is 9.88 Å². The molecule has 2 aromatic rings. The Hall–Kier alpha value is -2.75. The molecule has 9 heteroatoms. The Bertz CT molecular complexity index is 1220. The molecule has 1 amide bonds. The number of amides is 1. The van der Waals surface area contributed by atoms with Gasteiger partial charge in [-0.25, -0.2) is 8.42 Å².